The Morgan fingerprint density at radius 1 is 1.09 bits per heavy atom. The first-order chi connectivity index (χ1) is 16.7. The van der Waals surface area contributed by atoms with Crippen molar-refractivity contribution in [1.82, 2.24) is 15.2 Å². The van der Waals surface area contributed by atoms with E-state index < -0.39 is 0 Å². The largest absolute Gasteiger partial charge is 0.476 e. The van der Waals surface area contributed by atoms with E-state index in [2.05, 4.69) is 20.2 Å². The van der Waals surface area contributed by atoms with Gasteiger partial charge < -0.3 is 30.3 Å². The topological polar surface area (TPSA) is 115 Å². The number of benzene rings is 1. The van der Waals surface area contributed by atoms with E-state index in [9.17, 15) is 4.79 Å². The summed E-state index contributed by atoms with van der Waals surface area (Å²) < 4.78 is 17.0. The predicted octanol–water partition coefficient (Wildman–Crippen LogP) is 0.700. The molecule has 0 atom stereocenters. The van der Waals surface area contributed by atoms with Gasteiger partial charge in [0.05, 0.1) is 32.1 Å². The molecule has 2 fully saturated rings. The number of pyridine rings is 1. The second kappa shape index (κ2) is 11.8. The molecule has 1 amide bonds. The monoisotopic (exact) mass is 468 g/mol. The van der Waals surface area contributed by atoms with Crippen molar-refractivity contribution in [3.05, 3.63) is 53.2 Å². The maximum Gasteiger partial charge on any atom is 0.251 e. The maximum atomic E-state index is 12.1. The first-order valence-corrected chi connectivity index (χ1v) is 11.6. The van der Waals surface area contributed by atoms with Gasteiger partial charge >= 0.3 is 0 Å². The Morgan fingerprint density at radius 3 is 2.50 bits per heavy atom. The van der Waals surface area contributed by atoms with E-state index in [-0.39, 0.29) is 5.91 Å². The highest BCUT2D eigenvalue weighted by molar-refractivity contribution is 6.13. The van der Waals surface area contributed by atoms with Gasteiger partial charge in [0, 0.05) is 62.7 Å². The van der Waals surface area contributed by atoms with Crippen LogP contribution >= 0.6 is 0 Å². The fourth-order valence-electron chi connectivity index (χ4n) is 4.04. The van der Waals surface area contributed by atoms with Crippen LogP contribution in [0.5, 0.6) is 5.88 Å². The molecule has 2 aromatic rings. The van der Waals surface area contributed by atoms with Crippen molar-refractivity contribution in [2.75, 3.05) is 77.7 Å². The normalized spacial score (nSPS) is 17.4. The lowest BCUT2D eigenvalue weighted by molar-refractivity contribution is 0.0320. The Morgan fingerprint density at radius 2 is 1.79 bits per heavy atom. The second-order valence-corrected chi connectivity index (χ2v) is 8.09. The second-order valence-electron chi connectivity index (χ2n) is 8.09. The van der Waals surface area contributed by atoms with Gasteiger partial charge in [-0.3, -0.25) is 9.69 Å². The van der Waals surface area contributed by atoms with Crippen LogP contribution in [0.15, 0.2) is 41.5 Å². The molecule has 1 aromatic carbocycles. The minimum atomic E-state index is -0.180. The van der Waals surface area contributed by atoms with Crippen LogP contribution in [0.2, 0.25) is 0 Å². The van der Waals surface area contributed by atoms with Crippen LogP contribution in [0, 0.1) is 0 Å². The van der Waals surface area contributed by atoms with Gasteiger partial charge in [-0.25, -0.2) is 4.98 Å². The van der Waals surface area contributed by atoms with Gasteiger partial charge in [0.2, 0.25) is 5.88 Å². The lowest BCUT2D eigenvalue weighted by Crippen LogP contribution is -2.38. The number of amides is 1. The van der Waals surface area contributed by atoms with Gasteiger partial charge in [-0.2, -0.15) is 5.10 Å². The molecule has 2 aliphatic heterocycles. The molecule has 10 nitrogen and oxygen atoms in total. The standard InChI is InChI=1S/C24H32N6O4/c1-26-24(31)19-4-2-3-18(15-19)23(28-25)21-16-20(30-8-12-33-13-9-30)17-22(27-21)34-14-7-29-5-10-32-11-6-29/h2-4,15-17H,5-14,25H2,1H3,(H,26,31). The summed E-state index contributed by atoms with van der Waals surface area (Å²) in [6, 6.07) is 11.1. The number of anilines is 1. The molecule has 1 aromatic heterocycles. The Hall–Kier alpha value is -3.21. The number of nitrogens with zero attached hydrogens (tertiary/aromatic N) is 4. The van der Waals surface area contributed by atoms with Gasteiger partial charge in [-0.15, -0.1) is 0 Å². The Bertz CT molecular complexity index is 1000. The number of nitrogens with one attached hydrogen (secondary N) is 1. The fraction of sp³-hybridized carbons (Fsp3) is 0.458. The van der Waals surface area contributed by atoms with Crippen LogP contribution in [-0.2, 0) is 9.47 Å². The molecule has 0 spiro atoms. The molecule has 10 heteroatoms. The smallest absolute Gasteiger partial charge is 0.251 e. The average molecular weight is 469 g/mol. The van der Waals surface area contributed by atoms with Gasteiger partial charge in [0.15, 0.2) is 0 Å². The van der Waals surface area contributed by atoms with E-state index in [0.29, 0.717) is 48.2 Å². The molecule has 0 bridgehead atoms. The maximum absolute atomic E-state index is 12.1. The molecule has 34 heavy (non-hydrogen) atoms. The van der Waals surface area contributed by atoms with Gasteiger partial charge in [-0.05, 0) is 18.2 Å². The van der Waals surface area contributed by atoms with E-state index in [1.807, 2.05) is 18.2 Å². The first kappa shape index (κ1) is 23.9. The third kappa shape index (κ3) is 6.02. The summed E-state index contributed by atoms with van der Waals surface area (Å²) in [7, 11) is 1.60. The average Bonchev–Trinajstić information content (AvgIpc) is 2.90. The van der Waals surface area contributed by atoms with Gasteiger partial charge in [0.25, 0.3) is 5.91 Å². The number of hydrogen-bond donors (Lipinski definition) is 2. The number of carbonyl (C=O) groups is 1. The summed E-state index contributed by atoms with van der Waals surface area (Å²) in [5.74, 6) is 6.16. The third-order valence-electron chi connectivity index (χ3n) is 5.92. The first-order valence-electron chi connectivity index (χ1n) is 11.6. The van der Waals surface area contributed by atoms with Crippen LogP contribution in [0.25, 0.3) is 0 Å². The molecular weight excluding hydrogens is 436 g/mol. The van der Waals surface area contributed by atoms with E-state index >= 15 is 0 Å². The zero-order valence-electron chi connectivity index (χ0n) is 19.5. The van der Waals surface area contributed by atoms with Crippen molar-refractivity contribution in [1.29, 1.82) is 0 Å². The lowest BCUT2D eigenvalue weighted by atomic mass is 10.0. The summed E-state index contributed by atoms with van der Waals surface area (Å²) in [6.07, 6.45) is 0. The molecule has 3 heterocycles. The summed E-state index contributed by atoms with van der Waals surface area (Å²) in [4.78, 5) is 21.4. The van der Waals surface area contributed by atoms with Crippen LogP contribution < -0.4 is 20.8 Å². The van der Waals surface area contributed by atoms with Crippen molar-refractivity contribution in [2.45, 2.75) is 0 Å². The molecule has 4 rings (SSSR count). The summed E-state index contributed by atoms with van der Waals surface area (Å²) in [6.45, 7) is 7.50. The van der Waals surface area contributed by atoms with Crippen LogP contribution in [0.1, 0.15) is 21.6 Å². The van der Waals surface area contributed by atoms with Gasteiger partial charge in [0.1, 0.15) is 12.3 Å². The predicted molar refractivity (Wildman–Crippen MR) is 130 cm³/mol. The summed E-state index contributed by atoms with van der Waals surface area (Å²) in [5.41, 5.74) is 3.26. The Balaban J connectivity index is 1.60. The lowest BCUT2D eigenvalue weighted by Gasteiger charge is -2.29. The number of nitrogens with two attached hydrogens (primary N) is 1. The highest BCUT2D eigenvalue weighted by atomic mass is 16.5. The minimum Gasteiger partial charge on any atom is -0.476 e. The highest BCUT2D eigenvalue weighted by Gasteiger charge is 2.19. The zero-order chi connectivity index (χ0) is 23.8. The van der Waals surface area contributed by atoms with E-state index in [0.717, 1.165) is 51.6 Å². The Kier molecular flexibility index (Phi) is 8.29. The molecule has 0 saturated carbocycles. The minimum absolute atomic E-state index is 0.180. The summed E-state index contributed by atoms with van der Waals surface area (Å²) >= 11 is 0. The van der Waals surface area contributed by atoms with Crippen molar-refractivity contribution in [2.24, 2.45) is 10.9 Å². The molecule has 0 unspecified atom stereocenters. The number of ether oxygens (including phenoxy) is 3. The molecule has 2 saturated heterocycles. The van der Waals surface area contributed by atoms with Crippen molar-refractivity contribution >= 4 is 17.3 Å². The fourth-order valence-corrected chi connectivity index (χ4v) is 4.04. The number of hydrazone groups is 1. The molecule has 2 aliphatic rings. The third-order valence-corrected chi connectivity index (χ3v) is 5.92. The van der Waals surface area contributed by atoms with Crippen LogP contribution in [0.4, 0.5) is 5.69 Å². The van der Waals surface area contributed by atoms with Crippen LogP contribution in [-0.4, -0.2) is 94.3 Å². The Labute approximate surface area is 199 Å². The number of aromatic nitrogens is 1. The SMILES string of the molecule is CNC(=O)c1cccc(C(=NN)c2cc(N3CCOCC3)cc(OCCN3CCOCC3)n2)c1. The molecular formula is C24H32N6O4. The van der Waals surface area contributed by atoms with Crippen LogP contribution in [0.3, 0.4) is 0 Å². The number of morpholine rings is 2. The van der Waals surface area contributed by atoms with Gasteiger partial charge in [-0.1, -0.05) is 12.1 Å². The number of rotatable bonds is 8. The quantitative estimate of drug-likeness (QED) is 0.331. The van der Waals surface area contributed by atoms with Crippen molar-refractivity contribution in [3.63, 3.8) is 0 Å². The molecule has 0 radical (unpaired) electrons. The molecule has 0 aliphatic carbocycles. The highest BCUT2D eigenvalue weighted by Crippen LogP contribution is 2.24. The molecule has 182 valence electrons. The summed E-state index contributed by atoms with van der Waals surface area (Å²) in [5, 5.41) is 6.68. The zero-order valence-corrected chi connectivity index (χ0v) is 19.5. The van der Waals surface area contributed by atoms with Crippen molar-refractivity contribution < 1.29 is 19.0 Å². The molecule has 3 N–H and O–H groups in total. The van der Waals surface area contributed by atoms with E-state index in [1.54, 1.807) is 25.2 Å². The van der Waals surface area contributed by atoms with Crippen molar-refractivity contribution in [3.8, 4) is 5.88 Å². The number of carbonyl (C=O) groups excluding carboxylic acids is 1. The van der Waals surface area contributed by atoms with E-state index in [4.69, 9.17) is 25.0 Å². The van der Waals surface area contributed by atoms with E-state index in [1.165, 1.54) is 0 Å². The number of hydrogen-bond acceptors (Lipinski definition) is 9.